The molecule has 3 unspecified atom stereocenters. The van der Waals surface area contributed by atoms with Crippen LogP contribution in [-0.4, -0.2) is 46.9 Å². The van der Waals surface area contributed by atoms with Gasteiger partial charge >= 0.3 is 5.97 Å². The van der Waals surface area contributed by atoms with Crippen molar-refractivity contribution in [2.75, 3.05) is 6.61 Å². The molecule has 0 spiro atoms. The topological polar surface area (TPSA) is 95.9 Å². The highest BCUT2D eigenvalue weighted by Gasteiger charge is 2.24. The highest BCUT2D eigenvalue weighted by Crippen LogP contribution is 2.18. The largest absolute Gasteiger partial charge is 0.462 e. The first-order chi connectivity index (χ1) is 34.5. The van der Waals surface area contributed by atoms with E-state index < -0.39 is 18.2 Å². The van der Waals surface area contributed by atoms with Crippen molar-refractivity contribution >= 4 is 11.9 Å². The van der Waals surface area contributed by atoms with Crippen LogP contribution in [-0.2, 0) is 14.3 Å². The molecule has 0 bridgehead atoms. The Kier molecular flexibility index (Phi) is 55.0. The molecule has 0 saturated heterocycles. The Morgan fingerprint density at radius 1 is 0.429 bits per heavy atom. The molecule has 0 radical (unpaired) electrons. The fourth-order valence-electron chi connectivity index (χ4n) is 8.97. The number of aliphatic hydroxyl groups is 2. The number of rotatable bonds is 54. The van der Waals surface area contributed by atoms with Crippen LogP contribution in [0.15, 0.2) is 72.9 Å². The molecule has 0 aromatic rings. The van der Waals surface area contributed by atoms with Gasteiger partial charge in [-0.05, 0) is 89.9 Å². The molecule has 6 nitrogen and oxygen atoms in total. The van der Waals surface area contributed by atoms with Gasteiger partial charge in [-0.1, -0.05) is 267 Å². The number of nitrogens with one attached hydrogen (secondary N) is 1. The highest BCUT2D eigenvalue weighted by atomic mass is 16.5. The molecule has 0 heterocycles. The van der Waals surface area contributed by atoms with E-state index in [9.17, 15) is 19.8 Å². The van der Waals surface area contributed by atoms with E-state index in [4.69, 9.17) is 4.74 Å². The maximum Gasteiger partial charge on any atom is 0.306 e. The molecule has 0 rings (SSSR count). The van der Waals surface area contributed by atoms with Gasteiger partial charge in [0.1, 0.15) is 6.10 Å². The standard InChI is InChI=1S/C64H115NO5/c1-4-7-10-13-16-19-22-25-28-31-33-36-39-42-45-48-51-54-57-64(69)70-60(55-52-49-46-43-40-37-34-32-29-26-23-20-17-14-11-8-5-2)58-63(68)65-61(59-66)62(67)56-53-50-47-44-41-38-35-30-27-24-21-18-15-12-9-6-3/h17,20,22,25-26,28-29,31,33-34,36-37,60-62,66-67H,4-16,18-19,21,23-24,27,30,32,35,38-59H2,1-3H3,(H,65,68)/b20-17-,25-22+,29-26-,31-28+,36-33+,37-34-. The fourth-order valence-corrected chi connectivity index (χ4v) is 8.97. The van der Waals surface area contributed by atoms with E-state index in [1.807, 2.05) is 0 Å². The van der Waals surface area contributed by atoms with Crippen molar-refractivity contribution in [1.29, 1.82) is 0 Å². The van der Waals surface area contributed by atoms with Crippen molar-refractivity contribution in [1.82, 2.24) is 5.32 Å². The lowest BCUT2D eigenvalue weighted by atomic mass is 10.0. The van der Waals surface area contributed by atoms with Crippen LogP contribution < -0.4 is 5.32 Å². The van der Waals surface area contributed by atoms with Gasteiger partial charge in [0, 0.05) is 6.42 Å². The minimum atomic E-state index is -0.802. The Bertz CT molecular complexity index is 1280. The maximum absolute atomic E-state index is 13.3. The van der Waals surface area contributed by atoms with E-state index in [1.165, 1.54) is 148 Å². The molecule has 0 aromatic heterocycles. The van der Waals surface area contributed by atoms with Crippen molar-refractivity contribution in [2.24, 2.45) is 0 Å². The average Bonchev–Trinajstić information content (AvgIpc) is 3.35. The monoisotopic (exact) mass is 978 g/mol. The van der Waals surface area contributed by atoms with Gasteiger partial charge in [0.2, 0.25) is 5.91 Å². The van der Waals surface area contributed by atoms with Crippen LogP contribution in [0.3, 0.4) is 0 Å². The quantitative estimate of drug-likeness (QED) is 0.0244. The Balaban J connectivity index is 4.64. The second-order valence-corrected chi connectivity index (χ2v) is 20.5. The van der Waals surface area contributed by atoms with Crippen molar-refractivity contribution < 1.29 is 24.5 Å². The third-order valence-electron chi connectivity index (χ3n) is 13.6. The Labute approximate surface area is 434 Å². The van der Waals surface area contributed by atoms with Crippen LogP contribution in [0.5, 0.6) is 0 Å². The number of hydrogen-bond acceptors (Lipinski definition) is 5. The number of allylic oxidation sites excluding steroid dienone is 12. The summed E-state index contributed by atoms with van der Waals surface area (Å²) < 4.78 is 5.96. The van der Waals surface area contributed by atoms with Crippen LogP contribution in [0, 0.1) is 0 Å². The summed E-state index contributed by atoms with van der Waals surface area (Å²) >= 11 is 0. The summed E-state index contributed by atoms with van der Waals surface area (Å²) in [7, 11) is 0. The second kappa shape index (κ2) is 57.2. The molecule has 0 aromatic carbocycles. The zero-order chi connectivity index (χ0) is 50.9. The maximum atomic E-state index is 13.3. The summed E-state index contributed by atoms with van der Waals surface area (Å²) in [6, 6.07) is -0.718. The van der Waals surface area contributed by atoms with Crippen molar-refractivity contribution in [2.45, 2.75) is 315 Å². The second-order valence-electron chi connectivity index (χ2n) is 20.5. The molecule has 1 amide bonds. The average molecular weight is 979 g/mol. The minimum Gasteiger partial charge on any atom is -0.462 e. The predicted octanol–water partition coefficient (Wildman–Crippen LogP) is 18.9. The smallest absolute Gasteiger partial charge is 0.306 e. The lowest BCUT2D eigenvalue weighted by molar-refractivity contribution is -0.151. The van der Waals surface area contributed by atoms with Crippen LogP contribution in [0.1, 0.15) is 297 Å². The summed E-state index contributed by atoms with van der Waals surface area (Å²) in [5.74, 6) is -0.512. The molecular formula is C64H115NO5. The van der Waals surface area contributed by atoms with Crippen molar-refractivity contribution in [3.8, 4) is 0 Å². The molecule has 3 N–H and O–H groups in total. The number of esters is 1. The van der Waals surface area contributed by atoms with E-state index in [0.29, 0.717) is 19.3 Å². The number of ether oxygens (including phenoxy) is 1. The van der Waals surface area contributed by atoms with E-state index in [2.05, 4.69) is 99.0 Å². The van der Waals surface area contributed by atoms with Gasteiger partial charge < -0.3 is 20.3 Å². The number of carbonyl (C=O) groups excluding carboxylic acids is 2. The van der Waals surface area contributed by atoms with Crippen molar-refractivity contribution in [3.63, 3.8) is 0 Å². The van der Waals surface area contributed by atoms with Gasteiger partial charge in [0.25, 0.3) is 0 Å². The molecule has 3 atom stereocenters. The third kappa shape index (κ3) is 51.6. The summed E-state index contributed by atoms with van der Waals surface area (Å²) in [4.78, 5) is 26.3. The highest BCUT2D eigenvalue weighted by molar-refractivity contribution is 5.77. The van der Waals surface area contributed by atoms with Gasteiger partial charge in [-0.2, -0.15) is 0 Å². The van der Waals surface area contributed by atoms with Crippen LogP contribution in [0.2, 0.25) is 0 Å². The summed E-state index contributed by atoms with van der Waals surface area (Å²) in [5, 5.41) is 23.9. The normalized spacial score (nSPS) is 13.6. The first kappa shape index (κ1) is 67.3. The Morgan fingerprint density at radius 3 is 1.24 bits per heavy atom. The fraction of sp³-hybridized carbons (Fsp3) is 0.781. The number of unbranched alkanes of at least 4 members (excludes halogenated alkanes) is 32. The number of amides is 1. The molecule has 0 fully saturated rings. The van der Waals surface area contributed by atoms with E-state index in [0.717, 1.165) is 103 Å². The number of carbonyl (C=O) groups is 2. The molecule has 0 aliphatic rings. The predicted molar refractivity (Wildman–Crippen MR) is 305 cm³/mol. The van der Waals surface area contributed by atoms with Gasteiger partial charge in [0.15, 0.2) is 0 Å². The summed E-state index contributed by atoms with van der Waals surface area (Å²) in [6.45, 7) is 6.46. The molecule has 0 aliphatic heterocycles. The Hall–Kier alpha value is -2.70. The summed E-state index contributed by atoms with van der Waals surface area (Å²) in [5.41, 5.74) is 0. The summed E-state index contributed by atoms with van der Waals surface area (Å²) in [6.07, 6.45) is 73.9. The zero-order valence-electron chi connectivity index (χ0n) is 46.4. The van der Waals surface area contributed by atoms with Crippen molar-refractivity contribution in [3.05, 3.63) is 72.9 Å². The first-order valence-corrected chi connectivity index (χ1v) is 30.2. The van der Waals surface area contributed by atoms with Gasteiger partial charge in [-0.3, -0.25) is 9.59 Å². The first-order valence-electron chi connectivity index (χ1n) is 30.2. The third-order valence-corrected chi connectivity index (χ3v) is 13.6. The van der Waals surface area contributed by atoms with Gasteiger partial charge in [0.05, 0.1) is 25.2 Å². The SMILES string of the molecule is CCCCC/C=C\C/C=C\C/C=C\CCCCCCC(CC(=O)NC(CO)C(O)CCCCCCCCCCCCCCCCCC)OC(=O)CCCCCCC/C=C/C=C/C=C/CCCCCCC. The molecular weight excluding hydrogens is 863 g/mol. The van der Waals surface area contributed by atoms with E-state index in [-0.39, 0.29) is 24.9 Å². The van der Waals surface area contributed by atoms with Crippen LogP contribution in [0.4, 0.5) is 0 Å². The number of aliphatic hydroxyl groups excluding tert-OH is 2. The van der Waals surface area contributed by atoms with E-state index >= 15 is 0 Å². The van der Waals surface area contributed by atoms with Gasteiger partial charge in [-0.15, -0.1) is 0 Å². The molecule has 0 saturated carbocycles. The van der Waals surface area contributed by atoms with Crippen LogP contribution in [0.25, 0.3) is 0 Å². The number of hydrogen-bond donors (Lipinski definition) is 3. The van der Waals surface area contributed by atoms with Gasteiger partial charge in [-0.25, -0.2) is 0 Å². The minimum absolute atomic E-state index is 0.0526. The van der Waals surface area contributed by atoms with Crippen LogP contribution >= 0.6 is 0 Å². The Morgan fingerprint density at radius 2 is 0.786 bits per heavy atom. The molecule has 406 valence electrons. The molecule has 70 heavy (non-hydrogen) atoms. The lowest BCUT2D eigenvalue weighted by Gasteiger charge is -2.24. The van der Waals surface area contributed by atoms with E-state index in [1.54, 1.807) is 0 Å². The zero-order valence-corrected chi connectivity index (χ0v) is 46.4. The molecule has 0 aliphatic carbocycles. The molecule has 6 heteroatoms. The lowest BCUT2D eigenvalue weighted by Crippen LogP contribution is -2.46.